The molecule has 0 atom stereocenters. The molecule has 3 aromatic carbocycles. The number of benzene rings is 3. The summed E-state index contributed by atoms with van der Waals surface area (Å²) in [4.78, 5) is 0. The molecule has 0 bridgehead atoms. The van der Waals surface area contributed by atoms with Crippen molar-refractivity contribution in [3.63, 3.8) is 0 Å². The van der Waals surface area contributed by atoms with Crippen molar-refractivity contribution in [1.29, 1.82) is 0 Å². The molecule has 0 aliphatic carbocycles. The minimum absolute atomic E-state index is 0.270. The Morgan fingerprint density at radius 2 is 1.62 bits per heavy atom. The molecule has 0 aliphatic rings. The number of rotatable bonds is 6. The first kappa shape index (κ1) is 15.9. The van der Waals surface area contributed by atoms with Gasteiger partial charge in [0, 0.05) is 12.2 Å². The van der Waals surface area contributed by atoms with Gasteiger partial charge in [-0.3, -0.25) is 0 Å². The van der Waals surface area contributed by atoms with E-state index >= 15 is 0 Å². The third kappa shape index (κ3) is 4.53. The van der Waals surface area contributed by atoms with E-state index < -0.39 is 0 Å². The number of hydrogen-bond acceptors (Lipinski definition) is 3. The normalized spacial score (nSPS) is 10.4. The summed E-state index contributed by atoms with van der Waals surface area (Å²) in [5.74, 6) is 1.13. The molecule has 0 saturated heterocycles. The van der Waals surface area contributed by atoms with Gasteiger partial charge in [-0.1, -0.05) is 42.0 Å². The lowest BCUT2D eigenvalue weighted by Gasteiger charge is -2.10. The fourth-order valence-corrected chi connectivity index (χ4v) is 2.38. The molecule has 0 amide bonds. The summed E-state index contributed by atoms with van der Waals surface area (Å²) in [6, 6.07) is 23.5. The average molecular weight is 319 g/mol. The lowest BCUT2D eigenvalue weighted by atomic mass is 10.1. The molecular formula is C21H21NO2. The van der Waals surface area contributed by atoms with Crippen molar-refractivity contribution in [2.45, 2.75) is 20.1 Å². The number of ether oxygens (including phenoxy) is 1. The molecule has 0 aliphatic heterocycles. The highest BCUT2D eigenvalue weighted by Crippen LogP contribution is 2.18. The van der Waals surface area contributed by atoms with Gasteiger partial charge >= 0.3 is 0 Å². The van der Waals surface area contributed by atoms with Crippen LogP contribution in [-0.4, -0.2) is 5.11 Å². The Morgan fingerprint density at radius 1 is 0.875 bits per heavy atom. The first-order valence-electron chi connectivity index (χ1n) is 7.99. The number of aromatic hydroxyl groups is 1. The highest BCUT2D eigenvalue weighted by molar-refractivity contribution is 5.46. The Labute approximate surface area is 142 Å². The average Bonchev–Trinajstić information content (AvgIpc) is 2.61. The van der Waals surface area contributed by atoms with Crippen LogP contribution in [0.2, 0.25) is 0 Å². The summed E-state index contributed by atoms with van der Waals surface area (Å²) in [7, 11) is 0. The maximum absolute atomic E-state index is 9.30. The number of anilines is 1. The van der Waals surface area contributed by atoms with Crippen LogP contribution >= 0.6 is 0 Å². The summed E-state index contributed by atoms with van der Waals surface area (Å²) in [5.41, 5.74) is 4.53. The van der Waals surface area contributed by atoms with Crippen LogP contribution in [-0.2, 0) is 13.2 Å². The first-order chi connectivity index (χ1) is 11.7. The highest BCUT2D eigenvalue weighted by atomic mass is 16.5. The Hall–Kier alpha value is -2.94. The van der Waals surface area contributed by atoms with E-state index in [1.54, 1.807) is 12.1 Å². The molecule has 2 N–H and O–H groups in total. The van der Waals surface area contributed by atoms with Crippen LogP contribution < -0.4 is 10.1 Å². The molecule has 3 nitrogen and oxygen atoms in total. The molecule has 0 fully saturated rings. The van der Waals surface area contributed by atoms with E-state index in [1.807, 2.05) is 30.3 Å². The number of nitrogens with one attached hydrogen (secondary N) is 1. The van der Waals surface area contributed by atoms with Crippen molar-refractivity contribution in [2.24, 2.45) is 0 Å². The molecule has 3 heteroatoms. The number of hydrogen-bond donors (Lipinski definition) is 2. The first-order valence-corrected chi connectivity index (χ1v) is 7.99. The van der Waals surface area contributed by atoms with E-state index in [1.165, 1.54) is 5.56 Å². The molecular weight excluding hydrogens is 298 g/mol. The number of phenolic OH excluding ortho intramolecular Hbond substituents is 1. The van der Waals surface area contributed by atoms with E-state index in [0.717, 1.165) is 22.6 Å². The quantitative estimate of drug-likeness (QED) is 0.636. The smallest absolute Gasteiger partial charge is 0.120 e. The third-order valence-corrected chi connectivity index (χ3v) is 3.79. The summed E-state index contributed by atoms with van der Waals surface area (Å²) < 4.78 is 5.88. The lowest BCUT2D eigenvalue weighted by Crippen LogP contribution is -2.00. The predicted octanol–water partition coefficient (Wildman–Crippen LogP) is 4.89. The van der Waals surface area contributed by atoms with Gasteiger partial charge in [-0.2, -0.15) is 0 Å². The minimum atomic E-state index is 0.270. The zero-order chi connectivity index (χ0) is 16.8. The van der Waals surface area contributed by atoms with Crippen LogP contribution in [0.5, 0.6) is 11.5 Å². The molecule has 0 saturated carbocycles. The van der Waals surface area contributed by atoms with Gasteiger partial charge in [-0.15, -0.1) is 0 Å². The Kier molecular flexibility index (Phi) is 5.02. The van der Waals surface area contributed by atoms with Gasteiger partial charge in [0.2, 0.25) is 0 Å². The molecule has 0 radical (unpaired) electrons. The lowest BCUT2D eigenvalue weighted by molar-refractivity contribution is 0.306. The van der Waals surface area contributed by atoms with Crippen LogP contribution in [0.25, 0.3) is 0 Å². The van der Waals surface area contributed by atoms with Crippen LogP contribution in [0.3, 0.4) is 0 Å². The molecule has 0 aromatic heterocycles. The molecule has 24 heavy (non-hydrogen) atoms. The van der Waals surface area contributed by atoms with Gasteiger partial charge in [0.05, 0.1) is 0 Å². The fourth-order valence-electron chi connectivity index (χ4n) is 2.38. The van der Waals surface area contributed by atoms with Crippen molar-refractivity contribution < 1.29 is 9.84 Å². The summed E-state index contributed by atoms with van der Waals surface area (Å²) >= 11 is 0. The van der Waals surface area contributed by atoms with Crippen molar-refractivity contribution >= 4 is 5.69 Å². The van der Waals surface area contributed by atoms with E-state index in [-0.39, 0.29) is 5.75 Å². The molecule has 3 rings (SSSR count). The highest BCUT2D eigenvalue weighted by Gasteiger charge is 2.00. The third-order valence-electron chi connectivity index (χ3n) is 3.79. The molecule has 122 valence electrons. The largest absolute Gasteiger partial charge is 0.508 e. The van der Waals surface area contributed by atoms with E-state index in [9.17, 15) is 5.11 Å². The zero-order valence-electron chi connectivity index (χ0n) is 13.7. The second kappa shape index (κ2) is 7.55. The summed E-state index contributed by atoms with van der Waals surface area (Å²) in [6.07, 6.45) is 0. The maximum Gasteiger partial charge on any atom is 0.120 e. The Morgan fingerprint density at radius 3 is 2.38 bits per heavy atom. The molecule has 0 unspecified atom stereocenters. The predicted molar refractivity (Wildman–Crippen MR) is 97.4 cm³/mol. The van der Waals surface area contributed by atoms with Crippen LogP contribution in [0.4, 0.5) is 5.69 Å². The summed E-state index contributed by atoms with van der Waals surface area (Å²) in [5, 5.41) is 12.6. The second-order valence-electron chi connectivity index (χ2n) is 5.82. The van der Waals surface area contributed by atoms with Gasteiger partial charge in [0.25, 0.3) is 0 Å². The molecule has 0 heterocycles. The molecule has 0 spiro atoms. The van der Waals surface area contributed by atoms with Crippen LogP contribution in [0.1, 0.15) is 16.7 Å². The van der Waals surface area contributed by atoms with Gasteiger partial charge in [-0.05, 0) is 54.4 Å². The van der Waals surface area contributed by atoms with E-state index in [2.05, 4.69) is 42.6 Å². The topological polar surface area (TPSA) is 41.5 Å². The monoisotopic (exact) mass is 319 g/mol. The van der Waals surface area contributed by atoms with Crippen LogP contribution in [0, 0.1) is 6.92 Å². The van der Waals surface area contributed by atoms with Gasteiger partial charge in [0.1, 0.15) is 18.1 Å². The van der Waals surface area contributed by atoms with Gasteiger partial charge in [-0.25, -0.2) is 0 Å². The Balaban J connectivity index is 1.57. The SMILES string of the molecule is Cc1ccc(COc2cccc(CNc3ccc(O)cc3)c2)cc1. The van der Waals surface area contributed by atoms with Crippen LogP contribution in [0.15, 0.2) is 72.8 Å². The standard InChI is InChI=1S/C21H21NO2/c1-16-5-7-17(8-6-16)15-24-21-4-2-3-18(13-21)14-22-19-9-11-20(23)12-10-19/h2-13,22-23H,14-15H2,1H3. The summed E-state index contributed by atoms with van der Waals surface area (Å²) in [6.45, 7) is 3.34. The van der Waals surface area contributed by atoms with E-state index in [4.69, 9.17) is 4.74 Å². The second-order valence-corrected chi connectivity index (χ2v) is 5.82. The fraction of sp³-hybridized carbons (Fsp3) is 0.143. The van der Waals surface area contributed by atoms with Crippen molar-refractivity contribution in [2.75, 3.05) is 5.32 Å². The van der Waals surface area contributed by atoms with Gasteiger partial charge in [0.15, 0.2) is 0 Å². The zero-order valence-corrected chi connectivity index (χ0v) is 13.7. The van der Waals surface area contributed by atoms with Crippen molar-refractivity contribution in [3.05, 3.63) is 89.5 Å². The Bertz CT molecular complexity index is 715. The minimum Gasteiger partial charge on any atom is -0.508 e. The van der Waals surface area contributed by atoms with Crippen molar-refractivity contribution in [1.82, 2.24) is 0 Å². The van der Waals surface area contributed by atoms with E-state index in [0.29, 0.717) is 13.2 Å². The maximum atomic E-state index is 9.30. The van der Waals surface area contributed by atoms with Gasteiger partial charge < -0.3 is 15.2 Å². The van der Waals surface area contributed by atoms with Crippen molar-refractivity contribution in [3.8, 4) is 11.5 Å². The number of aryl methyl sites for hydroxylation is 1. The molecule has 3 aromatic rings. The number of phenols is 1.